The molecule has 0 saturated carbocycles. The van der Waals surface area contributed by atoms with Gasteiger partial charge in [0.05, 0.1) is 37.8 Å². The fourth-order valence-corrected chi connectivity index (χ4v) is 6.20. The fourth-order valence-electron chi connectivity index (χ4n) is 4.39. The molecule has 36 heavy (non-hydrogen) atoms. The monoisotopic (exact) mass is 510 g/mol. The second-order valence-corrected chi connectivity index (χ2v) is 10.6. The Morgan fingerprint density at radius 3 is 2.03 bits per heavy atom. The first-order chi connectivity index (χ1) is 17.2. The first kappa shape index (κ1) is 27.2. The molecule has 0 fully saturated rings. The molecule has 0 atom stereocenters. The van der Waals surface area contributed by atoms with E-state index in [1.807, 2.05) is 49.4 Å². The number of ether oxygens (including phenoxy) is 2. The van der Waals surface area contributed by atoms with Crippen LogP contribution in [-0.2, 0) is 27.8 Å². The second-order valence-electron chi connectivity index (χ2n) is 8.72. The number of benzene rings is 3. The lowest BCUT2D eigenvalue weighted by molar-refractivity contribution is -0.121. The average Bonchev–Trinajstić information content (AvgIpc) is 2.84. The van der Waals surface area contributed by atoms with Crippen LogP contribution in [0.1, 0.15) is 27.8 Å². The number of hydrogen-bond acceptors (Lipinski definition) is 5. The highest BCUT2D eigenvalue weighted by Crippen LogP contribution is 2.28. The normalized spacial score (nSPS) is 11.4. The lowest BCUT2D eigenvalue weighted by Gasteiger charge is -2.24. The number of rotatable bonds is 11. The molecule has 0 heterocycles. The maximum absolute atomic E-state index is 13.8. The zero-order valence-corrected chi connectivity index (χ0v) is 22.3. The summed E-state index contributed by atoms with van der Waals surface area (Å²) in [4.78, 5) is 13.3. The van der Waals surface area contributed by atoms with Crippen molar-refractivity contribution in [2.24, 2.45) is 0 Å². The summed E-state index contributed by atoms with van der Waals surface area (Å²) >= 11 is 0. The number of sulfonamides is 1. The van der Waals surface area contributed by atoms with Crippen LogP contribution < -0.4 is 14.8 Å². The Morgan fingerprint density at radius 1 is 0.889 bits per heavy atom. The third-order valence-corrected chi connectivity index (χ3v) is 8.16. The minimum Gasteiger partial charge on any atom is -0.496 e. The van der Waals surface area contributed by atoms with E-state index in [1.165, 1.54) is 4.31 Å². The number of nitrogens with one attached hydrogen (secondary N) is 1. The third-order valence-electron chi connectivity index (χ3n) is 6.01. The summed E-state index contributed by atoms with van der Waals surface area (Å²) in [6.07, 6.45) is 0.484. The van der Waals surface area contributed by atoms with E-state index in [0.29, 0.717) is 34.6 Å². The van der Waals surface area contributed by atoms with Crippen molar-refractivity contribution < 1.29 is 22.7 Å². The average molecular weight is 511 g/mol. The molecule has 1 amide bonds. The van der Waals surface area contributed by atoms with Gasteiger partial charge in [-0.1, -0.05) is 54.1 Å². The SMILES string of the molecule is COc1cccc(OC)c1CNC(=O)CN(CCc1ccccc1)S(=O)(=O)c1c(C)cc(C)cc1C. The van der Waals surface area contributed by atoms with E-state index in [-0.39, 0.29) is 24.5 Å². The largest absolute Gasteiger partial charge is 0.496 e. The van der Waals surface area contributed by atoms with Crippen LogP contribution >= 0.6 is 0 Å². The van der Waals surface area contributed by atoms with Gasteiger partial charge in [0.15, 0.2) is 0 Å². The van der Waals surface area contributed by atoms with Crippen molar-refractivity contribution in [1.82, 2.24) is 9.62 Å². The van der Waals surface area contributed by atoms with Gasteiger partial charge in [-0.25, -0.2) is 8.42 Å². The van der Waals surface area contributed by atoms with Crippen LogP contribution in [0.2, 0.25) is 0 Å². The van der Waals surface area contributed by atoms with Crippen LogP contribution in [0.15, 0.2) is 65.6 Å². The predicted octanol–water partition coefficient (Wildman–Crippen LogP) is 4.18. The van der Waals surface area contributed by atoms with Crippen LogP contribution in [0, 0.1) is 20.8 Å². The molecule has 0 aromatic heterocycles. The van der Waals surface area contributed by atoms with Crippen molar-refractivity contribution in [3.05, 3.63) is 88.5 Å². The van der Waals surface area contributed by atoms with Crippen molar-refractivity contribution in [1.29, 1.82) is 0 Å². The second kappa shape index (κ2) is 12.1. The van der Waals surface area contributed by atoms with Crippen molar-refractivity contribution >= 4 is 15.9 Å². The molecule has 3 rings (SSSR count). The minimum atomic E-state index is -3.93. The molecule has 0 aliphatic rings. The fraction of sp³-hybridized carbons (Fsp3) is 0.321. The first-order valence-electron chi connectivity index (χ1n) is 11.8. The minimum absolute atomic E-state index is 0.140. The number of aryl methyl sites for hydroxylation is 3. The zero-order chi connectivity index (χ0) is 26.3. The smallest absolute Gasteiger partial charge is 0.244 e. The van der Waals surface area contributed by atoms with E-state index >= 15 is 0 Å². The summed E-state index contributed by atoms with van der Waals surface area (Å²) in [6, 6.07) is 18.7. The van der Waals surface area contributed by atoms with Crippen LogP contribution in [0.25, 0.3) is 0 Å². The van der Waals surface area contributed by atoms with E-state index < -0.39 is 15.9 Å². The van der Waals surface area contributed by atoms with Gasteiger partial charge < -0.3 is 14.8 Å². The van der Waals surface area contributed by atoms with Gasteiger partial charge in [0.25, 0.3) is 0 Å². The highest BCUT2D eigenvalue weighted by Gasteiger charge is 2.29. The van der Waals surface area contributed by atoms with Gasteiger partial charge in [0.2, 0.25) is 15.9 Å². The third kappa shape index (κ3) is 6.44. The molecule has 0 aliphatic carbocycles. The number of nitrogens with zero attached hydrogens (tertiary/aromatic N) is 1. The number of methoxy groups -OCH3 is 2. The Labute approximate surface area is 214 Å². The van der Waals surface area contributed by atoms with Crippen LogP contribution in [0.5, 0.6) is 11.5 Å². The highest BCUT2D eigenvalue weighted by atomic mass is 32.2. The van der Waals surface area contributed by atoms with Gasteiger partial charge in [-0.05, 0) is 56.0 Å². The highest BCUT2D eigenvalue weighted by molar-refractivity contribution is 7.89. The number of carbonyl (C=O) groups excluding carboxylic acids is 1. The molecule has 1 N–H and O–H groups in total. The molecule has 8 heteroatoms. The first-order valence-corrected chi connectivity index (χ1v) is 13.2. The quantitative estimate of drug-likeness (QED) is 0.418. The van der Waals surface area contributed by atoms with Crippen molar-refractivity contribution in [2.75, 3.05) is 27.3 Å². The summed E-state index contributed by atoms with van der Waals surface area (Å²) in [7, 11) is -0.838. The molecule has 3 aromatic rings. The molecule has 0 unspecified atom stereocenters. The molecular weight excluding hydrogens is 476 g/mol. The molecule has 0 radical (unpaired) electrons. The van der Waals surface area contributed by atoms with E-state index in [9.17, 15) is 13.2 Å². The topological polar surface area (TPSA) is 84.9 Å². The Hall–Kier alpha value is -3.36. The molecule has 0 bridgehead atoms. The summed E-state index contributed by atoms with van der Waals surface area (Å²) in [6.45, 7) is 5.51. The Balaban J connectivity index is 1.86. The number of hydrogen-bond donors (Lipinski definition) is 1. The Bertz CT molecular complexity index is 1260. The maximum atomic E-state index is 13.8. The van der Waals surface area contributed by atoms with E-state index in [2.05, 4.69) is 5.32 Å². The predicted molar refractivity (Wildman–Crippen MR) is 141 cm³/mol. The van der Waals surface area contributed by atoms with Crippen LogP contribution in [-0.4, -0.2) is 45.9 Å². The van der Waals surface area contributed by atoms with Gasteiger partial charge >= 0.3 is 0 Å². The molecule has 0 aliphatic heterocycles. The lowest BCUT2D eigenvalue weighted by atomic mass is 10.1. The van der Waals surface area contributed by atoms with E-state index in [1.54, 1.807) is 46.3 Å². The summed E-state index contributed by atoms with van der Waals surface area (Å²) in [5, 5.41) is 2.83. The van der Waals surface area contributed by atoms with Gasteiger partial charge in [-0.15, -0.1) is 0 Å². The van der Waals surface area contributed by atoms with Crippen molar-refractivity contribution in [2.45, 2.75) is 38.6 Å². The zero-order valence-electron chi connectivity index (χ0n) is 21.5. The van der Waals surface area contributed by atoms with Gasteiger partial charge in [0, 0.05) is 6.54 Å². The van der Waals surface area contributed by atoms with Crippen LogP contribution in [0.4, 0.5) is 0 Å². The van der Waals surface area contributed by atoms with Crippen molar-refractivity contribution in [3.8, 4) is 11.5 Å². The molecule has 3 aromatic carbocycles. The number of carbonyl (C=O) groups is 1. The molecule has 7 nitrogen and oxygen atoms in total. The van der Waals surface area contributed by atoms with Gasteiger partial charge in [-0.2, -0.15) is 4.31 Å². The molecule has 192 valence electrons. The van der Waals surface area contributed by atoms with Crippen molar-refractivity contribution in [3.63, 3.8) is 0 Å². The van der Waals surface area contributed by atoms with E-state index in [4.69, 9.17) is 9.47 Å². The summed E-state index contributed by atoms with van der Waals surface area (Å²) < 4.78 is 39.7. The molecule has 0 saturated heterocycles. The number of amides is 1. The Morgan fingerprint density at radius 2 is 1.47 bits per heavy atom. The van der Waals surface area contributed by atoms with Gasteiger partial charge in [-0.3, -0.25) is 4.79 Å². The maximum Gasteiger partial charge on any atom is 0.244 e. The van der Waals surface area contributed by atoms with Crippen LogP contribution in [0.3, 0.4) is 0 Å². The molecular formula is C28H34N2O5S. The van der Waals surface area contributed by atoms with E-state index in [0.717, 1.165) is 11.1 Å². The molecule has 0 spiro atoms. The standard InChI is InChI=1S/C28H34N2O5S/c1-20-16-21(2)28(22(3)17-20)36(32,33)30(15-14-23-10-7-6-8-11-23)19-27(31)29-18-24-25(34-4)12-9-13-26(24)35-5/h6-13,16-17H,14-15,18-19H2,1-5H3,(H,29,31). The van der Waals surface area contributed by atoms with Gasteiger partial charge in [0.1, 0.15) is 11.5 Å². The summed E-state index contributed by atoms with van der Waals surface area (Å²) in [5.74, 6) is 0.741. The summed E-state index contributed by atoms with van der Waals surface area (Å²) in [5.41, 5.74) is 3.99. The lowest BCUT2D eigenvalue weighted by Crippen LogP contribution is -2.42. The Kier molecular flexibility index (Phi) is 9.12.